The van der Waals surface area contributed by atoms with Crippen molar-refractivity contribution in [2.24, 2.45) is 0 Å². The van der Waals surface area contributed by atoms with Gasteiger partial charge in [-0.1, -0.05) is 19.4 Å². The van der Waals surface area contributed by atoms with Crippen molar-refractivity contribution in [3.63, 3.8) is 0 Å². The van der Waals surface area contributed by atoms with Gasteiger partial charge >= 0.3 is 0 Å². The van der Waals surface area contributed by atoms with Gasteiger partial charge in [0.15, 0.2) is 0 Å². The molecule has 0 unspecified atom stereocenters. The second kappa shape index (κ2) is 9.72. The Hall–Kier alpha value is -1.13. The van der Waals surface area contributed by atoms with Crippen molar-refractivity contribution in [1.29, 1.82) is 0 Å². The zero-order valence-electron chi connectivity index (χ0n) is 12.9. The molecule has 0 aromatic heterocycles. The van der Waals surface area contributed by atoms with E-state index in [4.69, 9.17) is 4.74 Å². The van der Waals surface area contributed by atoms with E-state index in [1.807, 2.05) is 12.1 Å². The minimum Gasteiger partial charge on any atom is -0.383 e. The number of unbranched alkanes of at least 4 members (excludes halogenated alkanes) is 1. The third-order valence-corrected chi connectivity index (χ3v) is 3.33. The molecule has 0 heterocycles. The minimum atomic E-state index is -0.131. The monoisotopic (exact) mass is 282 g/mol. The Morgan fingerprint density at radius 3 is 2.70 bits per heavy atom. The van der Waals surface area contributed by atoms with Crippen molar-refractivity contribution in [2.45, 2.75) is 33.2 Å². The summed E-state index contributed by atoms with van der Waals surface area (Å²) < 4.78 is 19.2. The van der Waals surface area contributed by atoms with Crippen LogP contribution in [0.2, 0.25) is 0 Å². The number of anilines is 1. The van der Waals surface area contributed by atoms with Gasteiger partial charge in [0.25, 0.3) is 0 Å². The number of nitrogens with one attached hydrogen (secondary N) is 1. The standard InChI is InChI=1S/C16H27FN2O/c1-4-6-10-19(5-2)16-8-7-14(12-15(16)17)13-18-9-11-20-3/h7-8,12,18H,4-6,9-11,13H2,1-3H3. The van der Waals surface area contributed by atoms with Gasteiger partial charge in [0.2, 0.25) is 0 Å². The maximum Gasteiger partial charge on any atom is 0.146 e. The fraction of sp³-hybridized carbons (Fsp3) is 0.625. The second-order valence-electron chi connectivity index (χ2n) is 4.89. The predicted molar refractivity (Wildman–Crippen MR) is 82.8 cm³/mol. The molecular weight excluding hydrogens is 255 g/mol. The summed E-state index contributed by atoms with van der Waals surface area (Å²) in [5.41, 5.74) is 1.68. The zero-order valence-corrected chi connectivity index (χ0v) is 12.9. The molecule has 1 N–H and O–H groups in total. The van der Waals surface area contributed by atoms with E-state index in [0.717, 1.165) is 38.0 Å². The van der Waals surface area contributed by atoms with Crippen molar-refractivity contribution in [1.82, 2.24) is 5.32 Å². The zero-order chi connectivity index (χ0) is 14.8. The molecule has 20 heavy (non-hydrogen) atoms. The van der Waals surface area contributed by atoms with E-state index in [1.165, 1.54) is 0 Å². The number of methoxy groups -OCH3 is 1. The molecule has 0 atom stereocenters. The molecule has 3 nitrogen and oxygen atoms in total. The van der Waals surface area contributed by atoms with E-state index in [0.29, 0.717) is 18.8 Å². The van der Waals surface area contributed by atoms with Crippen LogP contribution in [0.4, 0.5) is 10.1 Å². The molecule has 1 rings (SSSR count). The molecule has 1 aromatic rings. The van der Waals surface area contributed by atoms with Crippen LogP contribution in [-0.2, 0) is 11.3 Å². The van der Waals surface area contributed by atoms with Gasteiger partial charge in [-0.05, 0) is 31.0 Å². The summed E-state index contributed by atoms with van der Waals surface area (Å²) in [7, 11) is 1.67. The Morgan fingerprint density at radius 2 is 2.10 bits per heavy atom. The number of rotatable bonds is 10. The third kappa shape index (κ3) is 5.47. The molecule has 1 aromatic carbocycles. The molecule has 0 spiro atoms. The Morgan fingerprint density at radius 1 is 1.30 bits per heavy atom. The van der Waals surface area contributed by atoms with Gasteiger partial charge in [0, 0.05) is 33.3 Å². The summed E-state index contributed by atoms with van der Waals surface area (Å²) in [5.74, 6) is -0.131. The first-order valence-electron chi connectivity index (χ1n) is 7.45. The summed E-state index contributed by atoms with van der Waals surface area (Å²) in [5, 5.41) is 3.22. The van der Waals surface area contributed by atoms with Gasteiger partial charge < -0.3 is 15.0 Å². The van der Waals surface area contributed by atoms with Gasteiger partial charge in [-0.3, -0.25) is 0 Å². The fourth-order valence-corrected chi connectivity index (χ4v) is 2.12. The largest absolute Gasteiger partial charge is 0.383 e. The van der Waals surface area contributed by atoms with Crippen molar-refractivity contribution in [3.8, 4) is 0 Å². The lowest BCUT2D eigenvalue weighted by Gasteiger charge is -2.23. The average Bonchev–Trinajstić information content (AvgIpc) is 2.46. The fourth-order valence-electron chi connectivity index (χ4n) is 2.12. The lowest BCUT2D eigenvalue weighted by Crippen LogP contribution is -2.25. The minimum absolute atomic E-state index is 0.131. The van der Waals surface area contributed by atoms with E-state index in [9.17, 15) is 4.39 Å². The summed E-state index contributed by atoms with van der Waals surface area (Å²) in [4.78, 5) is 2.10. The third-order valence-electron chi connectivity index (χ3n) is 3.33. The van der Waals surface area contributed by atoms with Crippen molar-refractivity contribution >= 4 is 5.69 Å². The molecule has 0 amide bonds. The number of ether oxygens (including phenoxy) is 1. The summed E-state index contributed by atoms with van der Waals surface area (Å²) in [6.07, 6.45) is 2.22. The maximum absolute atomic E-state index is 14.2. The number of hydrogen-bond acceptors (Lipinski definition) is 3. The molecule has 0 saturated heterocycles. The molecule has 0 fully saturated rings. The van der Waals surface area contributed by atoms with E-state index in [1.54, 1.807) is 13.2 Å². The molecule has 0 bridgehead atoms. The highest BCUT2D eigenvalue weighted by atomic mass is 19.1. The van der Waals surface area contributed by atoms with Crippen LogP contribution in [0, 0.1) is 5.82 Å². The van der Waals surface area contributed by atoms with Gasteiger partial charge in [0.05, 0.1) is 12.3 Å². The summed E-state index contributed by atoms with van der Waals surface area (Å²) in [6, 6.07) is 5.51. The lowest BCUT2D eigenvalue weighted by atomic mass is 10.1. The summed E-state index contributed by atoms with van der Waals surface area (Å²) in [6.45, 7) is 8.08. The highest BCUT2D eigenvalue weighted by Crippen LogP contribution is 2.21. The highest BCUT2D eigenvalue weighted by molar-refractivity contribution is 5.49. The SMILES string of the molecule is CCCCN(CC)c1ccc(CNCCOC)cc1F. The van der Waals surface area contributed by atoms with Crippen molar-refractivity contribution in [2.75, 3.05) is 38.3 Å². The Kier molecular flexibility index (Phi) is 8.23. The molecule has 0 aliphatic rings. The van der Waals surface area contributed by atoms with Gasteiger partial charge in [-0.2, -0.15) is 0 Å². The van der Waals surface area contributed by atoms with Crippen LogP contribution in [0.15, 0.2) is 18.2 Å². The second-order valence-corrected chi connectivity index (χ2v) is 4.89. The Bertz CT molecular complexity index is 385. The van der Waals surface area contributed by atoms with Crippen LogP contribution in [0.5, 0.6) is 0 Å². The van der Waals surface area contributed by atoms with Crippen molar-refractivity contribution in [3.05, 3.63) is 29.6 Å². The molecule has 0 aliphatic heterocycles. The van der Waals surface area contributed by atoms with E-state index < -0.39 is 0 Å². The van der Waals surface area contributed by atoms with Crippen LogP contribution >= 0.6 is 0 Å². The quantitative estimate of drug-likeness (QED) is 0.667. The van der Waals surface area contributed by atoms with Crippen LogP contribution in [0.1, 0.15) is 32.3 Å². The Labute approximate surface area is 122 Å². The van der Waals surface area contributed by atoms with Gasteiger partial charge in [0.1, 0.15) is 5.82 Å². The maximum atomic E-state index is 14.2. The topological polar surface area (TPSA) is 24.5 Å². The van der Waals surface area contributed by atoms with E-state index >= 15 is 0 Å². The molecule has 0 saturated carbocycles. The first-order chi connectivity index (χ1) is 9.72. The van der Waals surface area contributed by atoms with Gasteiger partial charge in [-0.15, -0.1) is 0 Å². The molecule has 4 heteroatoms. The van der Waals surface area contributed by atoms with Crippen LogP contribution in [0.3, 0.4) is 0 Å². The number of nitrogens with zero attached hydrogens (tertiary/aromatic N) is 1. The molecular formula is C16H27FN2O. The smallest absolute Gasteiger partial charge is 0.146 e. The first kappa shape index (κ1) is 16.9. The Balaban J connectivity index is 2.61. The summed E-state index contributed by atoms with van der Waals surface area (Å²) >= 11 is 0. The normalized spacial score (nSPS) is 10.8. The number of benzene rings is 1. The molecule has 0 aliphatic carbocycles. The van der Waals surface area contributed by atoms with Crippen LogP contribution in [0.25, 0.3) is 0 Å². The molecule has 0 radical (unpaired) electrons. The lowest BCUT2D eigenvalue weighted by molar-refractivity contribution is 0.199. The van der Waals surface area contributed by atoms with Crippen LogP contribution < -0.4 is 10.2 Å². The molecule has 114 valence electrons. The average molecular weight is 282 g/mol. The first-order valence-corrected chi connectivity index (χ1v) is 7.45. The van der Waals surface area contributed by atoms with E-state index in [-0.39, 0.29) is 5.82 Å². The van der Waals surface area contributed by atoms with Gasteiger partial charge in [-0.25, -0.2) is 4.39 Å². The number of hydrogen-bond donors (Lipinski definition) is 1. The van der Waals surface area contributed by atoms with Crippen molar-refractivity contribution < 1.29 is 9.13 Å². The highest BCUT2D eigenvalue weighted by Gasteiger charge is 2.10. The van der Waals surface area contributed by atoms with E-state index in [2.05, 4.69) is 24.1 Å². The number of halogens is 1. The van der Waals surface area contributed by atoms with Crippen LogP contribution in [-0.4, -0.2) is 33.4 Å². The predicted octanol–water partition coefficient (Wildman–Crippen LogP) is 3.19.